The number of rotatable bonds is 9. The monoisotopic (exact) mass is 480 g/mol. The number of halogens is 2. The van der Waals surface area contributed by atoms with E-state index in [0.29, 0.717) is 35.5 Å². The molecule has 0 aliphatic heterocycles. The van der Waals surface area contributed by atoms with Crippen molar-refractivity contribution in [1.82, 2.24) is 14.7 Å². The molecule has 33 heavy (non-hydrogen) atoms. The summed E-state index contributed by atoms with van der Waals surface area (Å²) in [7, 11) is 0. The summed E-state index contributed by atoms with van der Waals surface area (Å²) in [4.78, 5) is 19.3. The second-order valence-corrected chi connectivity index (χ2v) is 8.71. The van der Waals surface area contributed by atoms with Crippen LogP contribution in [0.4, 0.5) is 9.52 Å². The Balaban J connectivity index is 1.45. The molecular formula is C25H22ClFN4OS. The van der Waals surface area contributed by atoms with Crippen LogP contribution in [0, 0.1) is 5.82 Å². The Morgan fingerprint density at radius 3 is 2.36 bits per heavy atom. The van der Waals surface area contributed by atoms with E-state index in [9.17, 15) is 9.18 Å². The minimum atomic E-state index is -0.301. The first-order valence-corrected chi connectivity index (χ1v) is 11.6. The van der Waals surface area contributed by atoms with Crippen LogP contribution in [0.1, 0.15) is 22.5 Å². The SMILES string of the molecule is O=C(CN(Cc1ccccc1)c1nc(Cc2ccc(Cl)cc2)ns1)NCc1ccc(F)cc1. The van der Waals surface area contributed by atoms with Crippen molar-refractivity contribution in [3.8, 4) is 0 Å². The van der Waals surface area contributed by atoms with Crippen molar-refractivity contribution in [3.05, 3.63) is 112 Å². The molecule has 4 aromatic rings. The third-order valence-corrected chi connectivity index (χ3v) is 6.02. The van der Waals surface area contributed by atoms with E-state index in [-0.39, 0.29) is 18.3 Å². The lowest BCUT2D eigenvalue weighted by Crippen LogP contribution is -2.36. The Bertz CT molecular complexity index is 1180. The van der Waals surface area contributed by atoms with E-state index in [1.54, 1.807) is 12.1 Å². The summed E-state index contributed by atoms with van der Waals surface area (Å²) in [6, 6.07) is 23.6. The maximum absolute atomic E-state index is 13.1. The first-order valence-electron chi connectivity index (χ1n) is 10.4. The predicted octanol–water partition coefficient (Wildman–Crippen LogP) is 5.24. The molecule has 1 amide bonds. The fourth-order valence-corrected chi connectivity index (χ4v) is 4.07. The molecule has 0 fully saturated rings. The number of carbonyl (C=O) groups is 1. The number of hydrogen-bond donors (Lipinski definition) is 1. The van der Waals surface area contributed by atoms with Crippen LogP contribution in [-0.4, -0.2) is 21.8 Å². The van der Waals surface area contributed by atoms with Crippen molar-refractivity contribution in [3.63, 3.8) is 0 Å². The molecule has 4 rings (SSSR count). The molecule has 0 bridgehead atoms. The van der Waals surface area contributed by atoms with Crippen LogP contribution in [0.25, 0.3) is 0 Å². The van der Waals surface area contributed by atoms with Gasteiger partial charge in [-0.05, 0) is 41.0 Å². The fourth-order valence-electron chi connectivity index (χ4n) is 3.26. The van der Waals surface area contributed by atoms with Crippen LogP contribution in [0.5, 0.6) is 0 Å². The molecule has 0 spiro atoms. The lowest BCUT2D eigenvalue weighted by atomic mass is 10.1. The average Bonchev–Trinajstić information content (AvgIpc) is 3.29. The van der Waals surface area contributed by atoms with E-state index < -0.39 is 0 Å². The minimum absolute atomic E-state index is 0.131. The average molecular weight is 481 g/mol. The van der Waals surface area contributed by atoms with E-state index in [0.717, 1.165) is 16.7 Å². The highest BCUT2D eigenvalue weighted by atomic mass is 35.5. The highest BCUT2D eigenvalue weighted by Gasteiger charge is 2.17. The third kappa shape index (κ3) is 6.84. The number of carbonyl (C=O) groups excluding carboxylic acids is 1. The molecule has 3 aromatic carbocycles. The zero-order chi connectivity index (χ0) is 23.0. The molecule has 168 valence electrons. The van der Waals surface area contributed by atoms with Crippen LogP contribution in [0.3, 0.4) is 0 Å². The van der Waals surface area contributed by atoms with Gasteiger partial charge in [-0.25, -0.2) is 9.37 Å². The van der Waals surface area contributed by atoms with Crippen LogP contribution in [0.15, 0.2) is 78.9 Å². The van der Waals surface area contributed by atoms with Gasteiger partial charge in [-0.2, -0.15) is 4.37 Å². The molecule has 0 atom stereocenters. The second kappa shape index (κ2) is 11.0. The van der Waals surface area contributed by atoms with Gasteiger partial charge < -0.3 is 10.2 Å². The normalized spacial score (nSPS) is 10.7. The molecule has 0 aliphatic carbocycles. The first kappa shape index (κ1) is 22.9. The molecule has 0 saturated heterocycles. The van der Waals surface area contributed by atoms with Gasteiger partial charge in [-0.1, -0.05) is 66.2 Å². The summed E-state index contributed by atoms with van der Waals surface area (Å²) in [5, 5.41) is 4.26. The van der Waals surface area contributed by atoms with Gasteiger partial charge in [0.25, 0.3) is 0 Å². The zero-order valence-electron chi connectivity index (χ0n) is 17.7. The summed E-state index contributed by atoms with van der Waals surface area (Å²) in [5.41, 5.74) is 2.97. The molecule has 0 unspecified atom stereocenters. The summed E-state index contributed by atoms with van der Waals surface area (Å²) in [5.74, 6) is 0.247. The highest BCUT2D eigenvalue weighted by molar-refractivity contribution is 7.09. The molecule has 0 aliphatic rings. The van der Waals surface area contributed by atoms with Gasteiger partial charge in [0.15, 0.2) is 0 Å². The number of anilines is 1. The standard InChI is InChI=1S/C25H22ClFN4OS/c26-21-10-6-18(7-11-21)14-23-29-25(33-30-23)31(16-20-4-2-1-3-5-20)17-24(32)28-15-19-8-12-22(27)13-9-19/h1-13H,14-17H2,(H,28,32). The summed E-state index contributed by atoms with van der Waals surface area (Å²) >= 11 is 7.24. The van der Waals surface area contributed by atoms with Crippen LogP contribution in [0.2, 0.25) is 5.02 Å². The van der Waals surface area contributed by atoms with Gasteiger partial charge in [0.1, 0.15) is 11.6 Å². The number of nitrogens with one attached hydrogen (secondary N) is 1. The summed E-state index contributed by atoms with van der Waals surface area (Å²) in [6.07, 6.45) is 0.587. The van der Waals surface area contributed by atoms with Crippen molar-refractivity contribution < 1.29 is 9.18 Å². The molecule has 0 saturated carbocycles. The number of amides is 1. The molecule has 0 radical (unpaired) electrons. The Kier molecular flexibility index (Phi) is 7.65. The smallest absolute Gasteiger partial charge is 0.239 e. The topological polar surface area (TPSA) is 58.1 Å². The minimum Gasteiger partial charge on any atom is -0.350 e. The van der Waals surface area contributed by atoms with Crippen molar-refractivity contribution in [2.75, 3.05) is 11.4 Å². The molecule has 1 aromatic heterocycles. The van der Waals surface area contributed by atoms with Crippen LogP contribution < -0.4 is 10.2 Å². The van der Waals surface area contributed by atoms with Crippen LogP contribution >= 0.6 is 23.1 Å². The number of aromatic nitrogens is 2. The zero-order valence-corrected chi connectivity index (χ0v) is 19.3. The molecule has 8 heteroatoms. The van der Waals surface area contributed by atoms with Crippen molar-refractivity contribution in [2.45, 2.75) is 19.5 Å². The van der Waals surface area contributed by atoms with Crippen molar-refractivity contribution >= 4 is 34.2 Å². The third-order valence-electron chi connectivity index (χ3n) is 4.96. The Morgan fingerprint density at radius 2 is 1.64 bits per heavy atom. The quantitative estimate of drug-likeness (QED) is 0.355. The summed E-state index contributed by atoms with van der Waals surface area (Å²) < 4.78 is 17.6. The lowest BCUT2D eigenvalue weighted by molar-refractivity contribution is -0.119. The van der Waals surface area contributed by atoms with E-state index in [2.05, 4.69) is 14.7 Å². The van der Waals surface area contributed by atoms with Gasteiger partial charge >= 0.3 is 0 Å². The Labute approximate surface area is 201 Å². The van der Waals surface area contributed by atoms with Gasteiger partial charge in [-0.3, -0.25) is 4.79 Å². The van der Waals surface area contributed by atoms with Gasteiger partial charge in [0.05, 0.1) is 6.54 Å². The predicted molar refractivity (Wildman–Crippen MR) is 130 cm³/mol. The Morgan fingerprint density at radius 1 is 0.939 bits per heavy atom. The number of nitrogens with zero attached hydrogens (tertiary/aromatic N) is 3. The molecule has 1 heterocycles. The summed E-state index contributed by atoms with van der Waals surface area (Å²) in [6.45, 7) is 0.988. The maximum atomic E-state index is 13.1. The van der Waals surface area contributed by atoms with Crippen molar-refractivity contribution in [1.29, 1.82) is 0 Å². The Hall–Kier alpha value is -3.29. The largest absolute Gasteiger partial charge is 0.350 e. The van der Waals surface area contributed by atoms with Gasteiger partial charge in [0.2, 0.25) is 11.0 Å². The second-order valence-electron chi connectivity index (χ2n) is 7.54. The maximum Gasteiger partial charge on any atom is 0.239 e. The van der Waals surface area contributed by atoms with Gasteiger partial charge in [0, 0.05) is 36.1 Å². The molecular weight excluding hydrogens is 459 g/mol. The van der Waals surface area contributed by atoms with E-state index >= 15 is 0 Å². The highest BCUT2D eigenvalue weighted by Crippen LogP contribution is 2.21. The van der Waals surface area contributed by atoms with E-state index in [1.807, 2.05) is 59.5 Å². The van der Waals surface area contributed by atoms with Crippen LogP contribution in [-0.2, 0) is 24.3 Å². The first-order chi connectivity index (χ1) is 16.0. The van der Waals surface area contributed by atoms with E-state index in [1.165, 1.54) is 23.7 Å². The number of hydrogen-bond acceptors (Lipinski definition) is 5. The fraction of sp³-hybridized carbons (Fsp3) is 0.160. The lowest BCUT2D eigenvalue weighted by Gasteiger charge is -2.21. The van der Waals surface area contributed by atoms with Gasteiger partial charge in [-0.15, -0.1) is 0 Å². The molecule has 1 N–H and O–H groups in total. The number of benzene rings is 3. The van der Waals surface area contributed by atoms with Crippen molar-refractivity contribution in [2.24, 2.45) is 0 Å². The van der Waals surface area contributed by atoms with E-state index in [4.69, 9.17) is 11.6 Å². The molecule has 5 nitrogen and oxygen atoms in total.